The van der Waals surface area contributed by atoms with E-state index in [2.05, 4.69) is 4.90 Å². The van der Waals surface area contributed by atoms with Gasteiger partial charge >= 0.3 is 5.97 Å². The normalized spacial score (nSPS) is 13.7. The maximum atomic E-state index is 12.9. The van der Waals surface area contributed by atoms with Gasteiger partial charge in [-0.1, -0.05) is 23.7 Å². The second-order valence-corrected chi connectivity index (χ2v) is 8.19. The first-order valence-electron chi connectivity index (χ1n) is 9.76. The summed E-state index contributed by atoms with van der Waals surface area (Å²) in [4.78, 5) is 39.5. The lowest BCUT2D eigenvalue weighted by Gasteiger charge is -2.36. The number of nitro groups is 1. The van der Waals surface area contributed by atoms with Crippen LogP contribution in [-0.2, 0) is 9.53 Å². The molecular weight excluding hydrogens is 442 g/mol. The van der Waals surface area contributed by atoms with E-state index in [9.17, 15) is 19.7 Å². The zero-order valence-electron chi connectivity index (χ0n) is 17.0. The number of ether oxygens (including phenoxy) is 1. The summed E-state index contributed by atoms with van der Waals surface area (Å²) < 4.78 is 4.85. The van der Waals surface area contributed by atoms with Crippen LogP contribution in [-0.4, -0.2) is 60.2 Å². The molecule has 10 heteroatoms. The fourth-order valence-corrected chi connectivity index (χ4v) is 4.35. The molecule has 1 heterocycles. The van der Waals surface area contributed by atoms with E-state index in [-0.39, 0.29) is 29.5 Å². The molecule has 0 unspecified atom stereocenters. The molecule has 164 valence electrons. The second kappa shape index (κ2) is 10.5. The molecule has 0 aromatic heterocycles. The summed E-state index contributed by atoms with van der Waals surface area (Å²) in [6.07, 6.45) is 0. The van der Waals surface area contributed by atoms with Crippen LogP contribution in [0.2, 0.25) is 5.02 Å². The van der Waals surface area contributed by atoms with E-state index in [1.54, 1.807) is 17.9 Å². The number of carbonyl (C=O) groups is 2. The lowest BCUT2D eigenvalue weighted by molar-refractivity contribution is -0.387. The quantitative estimate of drug-likeness (QED) is 0.266. The van der Waals surface area contributed by atoms with Crippen molar-refractivity contribution >= 4 is 46.6 Å². The predicted molar refractivity (Wildman–Crippen MR) is 120 cm³/mol. The van der Waals surface area contributed by atoms with Crippen LogP contribution in [0.3, 0.4) is 0 Å². The van der Waals surface area contributed by atoms with Gasteiger partial charge in [-0.15, -0.1) is 11.8 Å². The Bertz CT molecular complexity index is 979. The average molecular weight is 464 g/mol. The van der Waals surface area contributed by atoms with Crippen LogP contribution in [0.5, 0.6) is 0 Å². The largest absolute Gasteiger partial charge is 0.465 e. The number of nitro benzene ring substituents is 1. The molecule has 2 aromatic carbocycles. The van der Waals surface area contributed by atoms with Gasteiger partial charge in [0.25, 0.3) is 11.6 Å². The number of esters is 1. The van der Waals surface area contributed by atoms with Gasteiger partial charge in [-0.05, 0) is 31.2 Å². The van der Waals surface area contributed by atoms with Crippen molar-refractivity contribution in [2.45, 2.75) is 11.8 Å². The lowest BCUT2D eigenvalue weighted by atomic mass is 10.1. The molecule has 1 fully saturated rings. The number of amides is 1. The van der Waals surface area contributed by atoms with Crippen LogP contribution in [0.25, 0.3) is 0 Å². The van der Waals surface area contributed by atoms with Crippen molar-refractivity contribution in [2.24, 2.45) is 0 Å². The summed E-state index contributed by atoms with van der Waals surface area (Å²) in [5.41, 5.74) is 0.975. The van der Waals surface area contributed by atoms with Gasteiger partial charge in [-0.25, -0.2) is 0 Å². The Morgan fingerprint density at radius 3 is 2.52 bits per heavy atom. The smallest absolute Gasteiger partial charge is 0.316 e. The molecule has 0 bridgehead atoms. The Hall–Kier alpha value is -2.78. The monoisotopic (exact) mass is 463 g/mol. The van der Waals surface area contributed by atoms with Crippen molar-refractivity contribution < 1.29 is 19.2 Å². The third-order valence-corrected chi connectivity index (χ3v) is 6.17. The number of halogens is 1. The van der Waals surface area contributed by atoms with E-state index in [1.165, 1.54) is 12.1 Å². The molecule has 3 rings (SSSR count). The second-order valence-electron chi connectivity index (χ2n) is 6.76. The highest BCUT2D eigenvalue weighted by molar-refractivity contribution is 8.00. The summed E-state index contributed by atoms with van der Waals surface area (Å²) in [5.74, 6) is -0.742. The molecule has 0 aliphatic carbocycles. The van der Waals surface area contributed by atoms with Crippen molar-refractivity contribution in [3.05, 3.63) is 63.2 Å². The van der Waals surface area contributed by atoms with E-state index < -0.39 is 10.9 Å². The van der Waals surface area contributed by atoms with E-state index in [4.69, 9.17) is 16.3 Å². The third-order valence-electron chi connectivity index (χ3n) is 4.81. The number of benzene rings is 2. The number of rotatable bonds is 7. The molecule has 0 spiro atoms. The zero-order chi connectivity index (χ0) is 22.4. The Balaban J connectivity index is 1.67. The molecule has 0 N–H and O–H groups in total. The number of hydrogen-bond acceptors (Lipinski definition) is 7. The molecular formula is C21H22ClN3O5S. The number of piperazine rings is 1. The maximum Gasteiger partial charge on any atom is 0.316 e. The standard InChI is InChI=1S/C21H22ClN3O5S/c1-2-30-20(26)14-31-19-8-7-15(13-18(19)25(28)29)21(27)24-11-9-23(10-12-24)17-6-4-3-5-16(17)22/h3-8,13H,2,9-12,14H2,1H3. The van der Waals surface area contributed by atoms with Gasteiger partial charge in [0.2, 0.25) is 0 Å². The number of carbonyl (C=O) groups excluding carboxylic acids is 2. The summed E-state index contributed by atoms with van der Waals surface area (Å²) in [6.45, 7) is 4.14. The summed E-state index contributed by atoms with van der Waals surface area (Å²) in [6, 6.07) is 11.9. The minimum Gasteiger partial charge on any atom is -0.465 e. The summed E-state index contributed by atoms with van der Waals surface area (Å²) in [5, 5.41) is 12.2. The van der Waals surface area contributed by atoms with Crippen molar-refractivity contribution in [2.75, 3.05) is 43.4 Å². The minimum absolute atomic E-state index is 0.0357. The number of anilines is 1. The van der Waals surface area contributed by atoms with Gasteiger partial charge in [0.15, 0.2) is 0 Å². The van der Waals surface area contributed by atoms with Gasteiger partial charge in [0.05, 0.1) is 32.9 Å². The first-order valence-corrected chi connectivity index (χ1v) is 11.1. The molecule has 0 radical (unpaired) electrons. The maximum absolute atomic E-state index is 12.9. The fraction of sp³-hybridized carbons (Fsp3) is 0.333. The summed E-state index contributed by atoms with van der Waals surface area (Å²) >= 11 is 7.28. The lowest BCUT2D eigenvalue weighted by Crippen LogP contribution is -2.48. The molecule has 1 saturated heterocycles. The predicted octanol–water partition coefficient (Wildman–Crippen LogP) is 3.87. The molecule has 1 amide bonds. The molecule has 0 saturated carbocycles. The van der Waals surface area contributed by atoms with E-state index in [0.29, 0.717) is 36.1 Å². The molecule has 31 heavy (non-hydrogen) atoms. The van der Waals surface area contributed by atoms with E-state index >= 15 is 0 Å². The highest BCUT2D eigenvalue weighted by Crippen LogP contribution is 2.31. The SMILES string of the molecule is CCOC(=O)CSc1ccc(C(=O)N2CCN(c3ccccc3Cl)CC2)cc1[N+](=O)[O-]. The Morgan fingerprint density at radius 2 is 1.87 bits per heavy atom. The van der Waals surface area contributed by atoms with Gasteiger partial charge in [-0.3, -0.25) is 19.7 Å². The topological polar surface area (TPSA) is 93.0 Å². The number of nitrogens with zero attached hydrogens (tertiary/aromatic N) is 3. The fourth-order valence-electron chi connectivity index (χ4n) is 3.30. The minimum atomic E-state index is -0.542. The first kappa shape index (κ1) is 22.9. The molecule has 2 aromatic rings. The van der Waals surface area contributed by atoms with Crippen LogP contribution in [0.1, 0.15) is 17.3 Å². The van der Waals surface area contributed by atoms with E-state index in [0.717, 1.165) is 17.4 Å². The molecule has 8 nitrogen and oxygen atoms in total. The Morgan fingerprint density at radius 1 is 1.16 bits per heavy atom. The van der Waals surface area contributed by atoms with Crippen molar-refractivity contribution in [3.63, 3.8) is 0 Å². The average Bonchev–Trinajstić information content (AvgIpc) is 2.78. The summed E-state index contributed by atoms with van der Waals surface area (Å²) in [7, 11) is 0. The van der Waals surface area contributed by atoms with Crippen LogP contribution >= 0.6 is 23.4 Å². The highest BCUT2D eigenvalue weighted by Gasteiger charge is 2.25. The Labute approximate surface area is 189 Å². The van der Waals surface area contributed by atoms with Gasteiger partial charge < -0.3 is 14.5 Å². The van der Waals surface area contributed by atoms with Crippen LogP contribution in [0.4, 0.5) is 11.4 Å². The molecule has 1 aliphatic rings. The number of hydrogen-bond donors (Lipinski definition) is 0. The van der Waals surface area contributed by atoms with Crippen molar-refractivity contribution in [1.82, 2.24) is 4.90 Å². The number of thioether (sulfide) groups is 1. The number of para-hydroxylation sites is 1. The first-order chi connectivity index (χ1) is 14.9. The molecule has 0 atom stereocenters. The zero-order valence-corrected chi connectivity index (χ0v) is 18.5. The van der Waals surface area contributed by atoms with Gasteiger partial charge in [-0.2, -0.15) is 0 Å². The van der Waals surface area contributed by atoms with Crippen LogP contribution < -0.4 is 4.90 Å². The third kappa shape index (κ3) is 5.68. The van der Waals surface area contributed by atoms with Gasteiger partial charge in [0.1, 0.15) is 0 Å². The highest BCUT2D eigenvalue weighted by atomic mass is 35.5. The molecule has 1 aliphatic heterocycles. The van der Waals surface area contributed by atoms with Crippen LogP contribution in [0, 0.1) is 10.1 Å². The van der Waals surface area contributed by atoms with Crippen LogP contribution in [0.15, 0.2) is 47.4 Å². The van der Waals surface area contributed by atoms with Crippen molar-refractivity contribution in [3.8, 4) is 0 Å². The van der Waals surface area contributed by atoms with E-state index in [1.807, 2.05) is 24.3 Å². The van der Waals surface area contributed by atoms with Gasteiger partial charge in [0, 0.05) is 37.8 Å². The Kier molecular flexibility index (Phi) is 7.75. The van der Waals surface area contributed by atoms with Crippen molar-refractivity contribution in [1.29, 1.82) is 0 Å².